The Hall–Kier alpha value is -3.13. The number of methoxy groups -OCH3 is 1. The van der Waals surface area contributed by atoms with E-state index in [-0.39, 0.29) is 5.91 Å². The molecule has 0 fully saturated rings. The number of guanidine groups is 1. The number of nitrogens with zero attached hydrogens (tertiary/aromatic N) is 3. The zero-order chi connectivity index (χ0) is 22.4. The minimum Gasteiger partial charge on any atom is -0.497 e. The summed E-state index contributed by atoms with van der Waals surface area (Å²) in [6.07, 6.45) is 0. The Morgan fingerprint density at radius 2 is 1.97 bits per heavy atom. The molecule has 3 rings (SSSR count). The predicted octanol–water partition coefficient (Wildman–Crippen LogP) is 4.69. The number of benzene rings is 2. The molecule has 3 aromatic rings. The first-order chi connectivity index (χ1) is 14.9. The summed E-state index contributed by atoms with van der Waals surface area (Å²) in [5.41, 5.74) is 4.32. The molecule has 8 heteroatoms. The number of anilines is 1. The Balaban J connectivity index is 1.89. The normalized spacial score (nSPS) is 11.3. The number of hydrogen-bond donors (Lipinski definition) is 2. The zero-order valence-electron chi connectivity index (χ0n) is 18.1. The first-order valence-electron chi connectivity index (χ1n) is 9.97. The van der Waals surface area contributed by atoms with Gasteiger partial charge in [0.1, 0.15) is 5.75 Å². The molecular weight excluding hydrogens is 458 g/mol. The van der Waals surface area contributed by atoms with Gasteiger partial charge in [-0.05, 0) is 61.0 Å². The highest BCUT2D eigenvalue weighted by atomic mass is 79.9. The van der Waals surface area contributed by atoms with Gasteiger partial charge in [-0.15, -0.1) is 0 Å². The van der Waals surface area contributed by atoms with Gasteiger partial charge in [0.2, 0.25) is 5.96 Å². The van der Waals surface area contributed by atoms with E-state index >= 15 is 0 Å². The highest BCUT2D eigenvalue weighted by molar-refractivity contribution is 9.10. The molecule has 2 aromatic carbocycles. The third kappa shape index (κ3) is 5.52. The van der Waals surface area contributed by atoms with Crippen molar-refractivity contribution in [3.8, 4) is 5.75 Å². The summed E-state index contributed by atoms with van der Waals surface area (Å²) in [4.78, 5) is 17.6. The summed E-state index contributed by atoms with van der Waals surface area (Å²) in [5, 5.41) is 10.6. The maximum Gasteiger partial charge on any atom is 0.259 e. The Labute approximate surface area is 190 Å². The minimum absolute atomic E-state index is 0.265. The van der Waals surface area contributed by atoms with E-state index in [0.717, 1.165) is 29.2 Å². The second kappa shape index (κ2) is 10.3. The van der Waals surface area contributed by atoms with Gasteiger partial charge < -0.3 is 10.1 Å². The molecule has 0 atom stereocenters. The van der Waals surface area contributed by atoms with E-state index < -0.39 is 0 Å². The van der Waals surface area contributed by atoms with Crippen LogP contribution in [0.4, 0.5) is 5.69 Å². The number of rotatable bonds is 6. The average Bonchev–Trinajstić information content (AvgIpc) is 3.05. The molecule has 2 N–H and O–H groups in total. The van der Waals surface area contributed by atoms with Gasteiger partial charge in [0.25, 0.3) is 5.91 Å². The zero-order valence-corrected chi connectivity index (χ0v) is 19.7. The van der Waals surface area contributed by atoms with Gasteiger partial charge in [0.05, 0.1) is 24.9 Å². The van der Waals surface area contributed by atoms with E-state index in [1.54, 1.807) is 13.2 Å². The molecule has 0 aliphatic carbocycles. The quantitative estimate of drug-likeness (QED) is 0.393. The van der Waals surface area contributed by atoms with Gasteiger partial charge in [-0.25, -0.2) is 4.99 Å². The monoisotopic (exact) mass is 483 g/mol. The van der Waals surface area contributed by atoms with E-state index in [4.69, 9.17) is 4.74 Å². The lowest BCUT2D eigenvalue weighted by Gasteiger charge is -2.13. The van der Waals surface area contributed by atoms with Crippen LogP contribution >= 0.6 is 15.9 Å². The van der Waals surface area contributed by atoms with Crippen LogP contribution in [0.5, 0.6) is 5.75 Å². The third-order valence-corrected chi connectivity index (χ3v) is 5.60. The first-order valence-corrected chi connectivity index (χ1v) is 10.8. The summed E-state index contributed by atoms with van der Waals surface area (Å²) in [5.74, 6) is 0.786. The maximum atomic E-state index is 12.9. The molecule has 1 aromatic heterocycles. The summed E-state index contributed by atoms with van der Waals surface area (Å²) >= 11 is 3.43. The second-order valence-electron chi connectivity index (χ2n) is 6.92. The molecule has 0 spiro atoms. The summed E-state index contributed by atoms with van der Waals surface area (Å²) < 4.78 is 7.96. The number of carbonyl (C=O) groups excluding carboxylic acids is 1. The fourth-order valence-electron chi connectivity index (χ4n) is 3.20. The van der Waals surface area contributed by atoms with Crippen LogP contribution in [0.15, 0.2) is 58.0 Å². The van der Waals surface area contributed by atoms with Crippen molar-refractivity contribution in [1.82, 2.24) is 15.1 Å². The van der Waals surface area contributed by atoms with E-state index in [1.165, 1.54) is 0 Å². The van der Waals surface area contributed by atoms with E-state index in [1.807, 2.05) is 61.0 Å². The number of hydrogen-bond acceptors (Lipinski definition) is 4. The van der Waals surface area contributed by atoms with Crippen LogP contribution in [-0.4, -0.2) is 28.8 Å². The van der Waals surface area contributed by atoms with Crippen LogP contribution in [-0.2, 0) is 13.1 Å². The van der Waals surface area contributed by atoms with Gasteiger partial charge in [-0.3, -0.25) is 14.8 Å². The van der Waals surface area contributed by atoms with E-state index in [9.17, 15) is 4.79 Å². The number of carbonyl (C=O) groups is 1. The molecule has 0 saturated carbocycles. The lowest BCUT2D eigenvalue weighted by atomic mass is 10.2. The Morgan fingerprint density at radius 1 is 1.19 bits per heavy atom. The van der Waals surface area contributed by atoms with Crippen LogP contribution in [0, 0.1) is 13.8 Å². The number of halogens is 1. The van der Waals surface area contributed by atoms with Crippen molar-refractivity contribution < 1.29 is 9.53 Å². The van der Waals surface area contributed by atoms with Crippen molar-refractivity contribution in [2.24, 2.45) is 4.99 Å². The molecule has 1 heterocycles. The summed E-state index contributed by atoms with van der Waals surface area (Å²) in [6.45, 7) is 7.24. The molecule has 0 aliphatic heterocycles. The number of nitrogens with one attached hydrogen (secondary N) is 2. The van der Waals surface area contributed by atoms with Gasteiger partial charge in [-0.1, -0.05) is 18.2 Å². The Morgan fingerprint density at radius 3 is 2.65 bits per heavy atom. The van der Waals surface area contributed by atoms with Gasteiger partial charge in [-0.2, -0.15) is 5.10 Å². The fourth-order valence-corrected chi connectivity index (χ4v) is 3.66. The SMILES string of the molecule is CCn1nc(C)c(CN=C(NC(=O)c2ccccc2Br)Nc2cccc(OC)c2)c1C. The smallest absolute Gasteiger partial charge is 0.259 e. The van der Waals surface area contributed by atoms with Crippen molar-refractivity contribution in [3.63, 3.8) is 0 Å². The lowest BCUT2D eigenvalue weighted by Crippen LogP contribution is -2.36. The van der Waals surface area contributed by atoms with Gasteiger partial charge in [0.15, 0.2) is 0 Å². The van der Waals surface area contributed by atoms with Crippen LogP contribution in [0.3, 0.4) is 0 Å². The lowest BCUT2D eigenvalue weighted by molar-refractivity contribution is 0.0976. The van der Waals surface area contributed by atoms with Crippen LogP contribution in [0.2, 0.25) is 0 Å². The fraction of sp³-hybridized carbons (Fsp3) is 0.261. The number of amides is 1. The van der Waals surface area contributed by atoms with E-state index in [0.29, 0.717) is 28.3 Å². The van der Waals surface area contributed by atoms with Gasteiger partial charge in [0, 0.05) is 34.0 Å². The average molecular weight is 484 g/mol. The van der Waals surface area contributed by atoms with Crippen molar-refractivity contribution in [2.75, 3.05) is 12.4 Å². The molecule has 0 unspecified atom stereocenters. The molecule has 7 nitrogen and oxygen atoms in total. The number of ether oxygens (including phenoxy) is 1. The molecule has 31 heavy (non-hydrogen) atoms. The molecule has 1 amide bonds. The first kappa shape index (κ1) is 22.6. The minimum atomic E-state index is -0.265. The van der Waals surface area contributed by atoms with Crippen LogP contribution in [0.1, 0.15) is 34.2 Å². The predicted molar refractivity (Wildman–Crippen MR) is 127 cm³/mol. The third-order valence-electron chi connectivity index (χ3n) is 4.91. The van der Waals surface area contributed by atoms with E-state index in [2.05, 4.69) is 43.6 Å². The number of aromatic nitrogens is 2. The van der Waals surface area contributed by atoms with Crippen molar-refractivity contribution in [3.05, 3.63) is 75.5 Å². The molecule has 0 saturated heterocycles. The standard InChI is InChI=1S/C23H26BrN5O2/c1-5-29-16(3)20(15(2)28-29)14-25-23(26-17-9-8-10-18(13-17)31-4)27-22(30)19-11-6-7-12-21(19)24/h6-13H,5,14H2,1-4H3,(H2,25,26,27,30). The largest absolute Gasteiger partial charge is 0.497 e. The molecule has 0 bridgehead atoms. The number of aryl methyl sites for hydroxylation is 2. The Bertz CT molecular complexity index is 1110. The van der Waals surface area contributed by atoms with Crippen LogP contribution < -0.4 is 15.4 Å². The molecule has 162 valence electrons. The van der Waals surface area contributed by atoms with Gasteiger partial charge >= 0.3 is 0 Å². The van der Waals surface area contributed by atoms with Crippen molar-refractivity contribution in [1.29, 1.82) is 0 Å². The number of aliphatic imine (C=N–C) groups is 1. The van der Waals surface area contributed by atoms with Crippen LogP contribution in [0.25, 0.3) is 0 Å². The topological polar surface area (TPSA) is 80.5 Å². The van der Waals surface area contributed by atoms with Crippen molar-refractivity contribution in [2.45, 2.75) is 33.9 Å². The molecule has 0 aliphatic rings. The Kier molecular flexibility index (Phi) is 7.46. The highest BCUT2D eigenvalue weighted by Crippen LogP contribution is 2.19. The highest BCUT2D eigenvalue weighted by Gasteiger charge is 2.14. The summed E-state index contributed by atoms with van der Waals surface area (Å²) in [7, 11) is 1.61. The summed E-state index contributed by atoms with van der Waals surface area (Å²) in [6, 6.07) is 14.7. The van der Waals surface area contributed by atoms with Crippen molar-refractivity contribution >= 4 is 33.5 Å². The second-order valence-corrected chi connectivity index (χ2v) is 7.78. The molecule has 0 radical (unpaired) electrons. The maximum absolute atomic E-state index is 12.9. The molecular formula is C23H26BrN5O2.